The second-order valence-electron chi connectivity index (χ2n) is 21.7. The molecule has 0 bridgehead atoms. The fourth-order valence-electron chi connectivity index (χ4n) is 8.70. The van der Waals surface area contributed by atoms with E-state index < -0.39 is 20.0 Å². The summed E-state index contributed by atoms with van der Waals surface area (Å²) in [5.41, 5.74) is 0. The molecule has 0 heterocycles. The number of nitrogens with zero attached hydrogens (tertiary/aromatic N) is 1. The zero-order chi connectivity index (χ0) is 52.7. The summed E-state index contributed by atoms with van der Waals surface area (Å²) in [4.78, 5) is 23.3. The van der Waals surface area contributed by atoms with E-state index in [9.17, 15) is 19.4 Å². The average molecular weight is 1030 g/mol. The number of phosphoric ester groups is 1. The van der Waals surface area contributed by atoms with Crippen LogP contribution >= 0.6 is 7.82 Å². The van der Waals surface area contributed by atoms with Gasteiger partial charge in [0.05, 0.1) is 39.9 Å². The Hall–Kier alpha value is -2.06. The lowest BCUT2D eigenvalue weighted by atomic mass is 10.0. The van der Waals surface area contributed by atoms with E-state index in [0.717, 1.165) is 77.0 Å². The number of amides is 1. The highest BCUT2D eigenvalue weighted by atomic mass is 31.2. The van der Waals surface area contributed by atoms with Crippen LogP contribution in [-0.4, -0.2) is 73.4 Å². The van der Waals surface area contributed by atoms with Gasteiger partial charge < -0.3 is 19.8 Å². The summed E-state index contributed by atoms with van der Waals surface area (Å²) in [6.07, 6.45) is 74.6. The van der Waals surface area contributed by atoms with Gasteiger partial charge in [-0.3, -0.25) is 13.8 Å². The maximum absolute atomic E-state index is 13.0. The molecule has 0 aromatic rings. The maximum atomic E-state index is 13.0. The Kier molecular flexibility index (Phi) is 52.2. The van der Waals surface area contributed by atoms with Gasteiger partial charge in [-0.2, -0.15) is 0 Å². The summed E-state index contributed by atoms with van der Waals surface area (Å²) < 4.78 is 23.7. The smallest absolute Gasteiger partial charge is 0.387 e. The van der Waals surface area contributed by atoms with Crippen LogP contribution < -0.4 is 5.32 Å². The minimum atomic E-state index is -4.36. The lowest BCUT2D eigenvalue weighted by molar-refractivity contribution is -0.870. The predicted octanol–water partition coefficient (Wildman–Crippen LogP) is 18.7. The summed E-state index contributed by atoms with van der Waals surface area (Å²) in [5.74, 6) is -0.201. The first-order valence-electron chi connectivity index (χ1n) is 30.3. The van der Waals surface area contributed by atoms with Crippen molar-refractivity contribution in [3.63, 3.8) is 0 Å². The number of carbonyl (C=O) groups is 1. The third kappa shape index (κ3) is 55.7. The number of hydrogen-bond acceptors (Lipinski definition) is 5. The molecular weight excluding hydrogens is 912 g/mol. The summed E-state index contributed by atoms with van der Waals surface area (Å²) in [6, 6.07) is -0.876. The van der Waals surface area contributed by atoms with Crippen molar-refractivity contribution in [2.75, 3.05) is 40.9 Å². The van der Waals surface area contributed by atoms with Crippen molar-refractivity contribution < 1.29 is 32.9 Å². The number of phosphoric acid groups is 1. The van der Waals surface area contributed by atoms with Crippen molar-refractivity contribution in [1.29, 1.82) is 0 Å². The van der Waals surface area contributed by atoms with Gasteiger partial charge >= 0.3 is 7.82 Å². The Balaban J connectivity index is 4.19. The maximum Gasteiger partial charge on any atom is 0.472 e. The molecule has 72 heavy (non-hydrogen) atoms. The van der Waals surface area contributed by atoms with E-state index >= 15 is 0 Å². The molecule has 0 radical (unpaired) electrons. The van der Waals surface area contributed by atoms with Crippen LogP contribution in [0, 0.1) is 0 Å². The minimum absolute atomic E-state index is 0.0500. The quantitative estimate of drug-likeness (QED) is 0.0243. The van der Waals surface area contributed by atoms with E-state index in [1.165, 1.54) is 173 Å². The zero-order valence-corrected chi connectivity index (χ0v) is 48.8. The number of allylic oxidation sites excluding steroid dienone is 11. The highest BCUT2D eigenvalue weighted by molar-refractivity contribution is 7.47. The molecule has 1 amide bonds. The van der Waals surface area contributed by atoms with Gasteiger partial charge in [-0.1, -0.05) is 267 Å². The second-order valence-corrected chi connectivity index (χ2v) is 23.1. The van der Waals surface area contributed by atoms with Crippen LogP contribution in [-0.2, 0) is 18.4 Å². The van der Waals surface area contributed by atoms with Gasteiger partial charge in [0.15, 0.2) is 0 Å². The normalized spacial score (nSPS) is 14.4. The number of unbranched alkanes of at least 4 members (excludes halogenated alkanes) is 32. The molecule has 3 N–H and O–H groups in total. The number of carbonyl (C=O) groups excluding carboxylic acids is 1. The number of quaternary nitrogens is 1. The van der Waals surface area contributed by atoms with Crippen LogP contribution in [0.2, 0.25) is 0 Å². The van der Waals surface area contributed by atoms with Crippen LogP contribution in [0.5, 0.6) is 0 Å². The fourth-order valence-corrected chi connectivity index (χ4v) is 9.43. The van der Waals surface area contributed by atoms with Crippen LogP contribution in [0.25, 0.3) is 0 Å². The van der Waals surface area contributed by atoms with Gasteiger partial charge in [-0.05, 0) is 70.6 Å². The van der Waals surface area contributed by atoms with Crippen molar-refractivity contribution in [1.82, 2.24) is 5.32 Å². The Bertz CT molecular complexity index is 1400. The van der Waals surface area contributed by atoms with E-state index in [-0.39, 0.29) is 19.1 Å². The molecule has 0 aliphatic carbocycles. The van der Waals surface area contributed by atoms with Crippen molar-refractivity contribution >= 4 is 13.7 Å². The largest absolute Gasteiger partial charge is 0.472 e. The molecule has 0 saturated heterocycles. The van der Waals surface area contributed by atoms with E-state index in [2.05, 4.69) is 79.9 Å². The first-order chi connectivity index (χ1) is 35.0. The molecule has 0 rings (SSSR count). The van der Waals surface area contributed by atoms with Crippen LogP contribution in [0.1, 0.15) is 271 Å². The Morgan fingerprint density at radius 3 is 1.28 bits per heavy atom. The predicted molar refractivity (Wildman–Crippen MR) is 313 cm³/mol. The van der Waals surface area contributed by atoms with E-state index in [0.29, 0.717) is 17.4 Å². The second kappa shape index (κ2) is 53.8. The summed E-state index contributed by atoms with van der Waals surface area (Å²) in [5, 5.41) is 13.9. The molecule has 0 aromatic carbocycles. The number of hydrogen-bond donors (Lipinski definition) is 3. The Morgan fingerprint density at radius 1 is 0.486 bits per heavy atom. The van der Waals surface area contributed by atoms with Crippen LogP contribution in [0.3, 0.4) is 0 Å². The van der Waals surface area contributed by atoms with E-state index in [1.807, 2.05) is 27.2 Å². The first kappa shape index (κ1) is 69.9. The third-order valence-corrected chi connectivity index (χ3v) is 14.4. The van der Waals surface area contributed by atoms with Crippen LogP contribution in [0.4, 0.5) is 0 Å². The SMILES string of the molecule is CC/C=C\C/C=C\C/C=C\C/C=C\CCCCCCCCC(=O)NC(COP(=O)(O)OCC[N+](C)(C)C)C(O)/C=C/CC/C=C/CCCCCCCCCCCCCCCCCCCCCCCCCCC. The number of rotatable bonds is 55. The highest BCUT2D eigenvalue weighted by Crippen LogP contribution is 2.43. The molecule has 0 aliphatic heterocycles. The molecule has 0 aliphatic rings. The Labute approximate surface area is 446 Å². The molecule has 3 atom stereocenters. The lowest BCUT2D eigenvalue weighted by Gasteiger charge is -2.25. The van der Waals surface area contributed by atoms with Gasteiger partial charge in [0.25, 0.3) is 0 Å². The molecule has 3 unspecified atom stereocenters. The minimum Gasteiger partial charge on any atom is -0.387 e. The van der Waals surface area contributed by atoms with Gasteiger partial charge in [0, 0.05) is 6.42 Å². The highest BCUT2D eigenvalue weighted by Gasteiger charge is 2.27. The van der Waals surface area contributed by atoms with E-state index in [1.54, 1.807) is 6.08 Å². The number of aliphatic hydroxyl groups is 1. The molecular formula is C63H118N2O6P+. The third-order valence-electron chi connectivity index (χ3n) is 13.4. The molecule has 0 aromatic heterocycles. The van der Waals surface area contributed by atoms with Gasteiger partial charge in [0.1, 0.15) is 13.2 Å². The topological polar surface area (TPSA) is 105 Å². The molecule has 420 valence electrons. The summed E-state index contributed by atoms with van der Waals surface area (Å²) in [6.45, 7) is 4.69. The van der Waals surface area contributed by atoms with E-state index in [4.69, 9.17) is 9.05 Å². The zero-order valence-electron chi connectivity index (χ0n) is 47.9. The van der Waals surface area contributed by atoms with Gasteiger partial charge in [-0.15, -0.1) is 0 Å². The average Bonchev–Trinajstić information content (AvgIpc) is 3.34. The molecule has 8 nitrogen and oxygen atoms in total. The molecule has 0 saturated carbocycles. The number of nitrogens with one attached hydrogen (secondary N) is 1. The van der Waals surface area contributed by atoms with Crippen molar-refractivity contribution in [2.45, 2.75) is 283 Å². The van der Waals surface area contributed by atoms with Crippen molar-refractivity contribution in [3.05, 3.63) is 72.9 Å². The molecule has 0 fully saturated rings. The number of aliphatic hydroxyl groups excluding tert-OH is 1. The summed E-state index contributed by atoms with van der Waals surface area (Å²) in [7, 11) is 1.54. The Morgan fingerprint density at radius 2 is 0.847 bits per heavy atom. The standard InChI is InChI=1S/C63H117N2O6P/c1-6-8-10-12-14-16-18-20-22-24-26-27-28-29-30-31-32-33-34-35-36-37-39-40-42-44-46-48-50-52-54-56-62(66)61(60-71-72(68,69)70-59-58-65(3,4)5)64-63(67)57-55-53-51-49-47-45-43-41-38-25-23-21-19-17-15-13-11-9-7-2/h9,11,15,17,21,23,38,41,46,48,54,56,61-62,66H,6-8,10,12-14,16,18-20,22,24-37,39-40,42-45,47,49-53,55,57-60H2,1-5H3,(H-,64,67,68,69)/p+1/b11-9-,17-15-,23-21-,41-38-,48-46+,56-54+. The molecule has 0 spiro atoms. The summed E-state index contributed by atoms with van der Waals surface area (Å²) >= 11 is 0. The van der Waals surface area contributed by atoms with Crippen molar-refractivity contribution in [2.24, 2.45) is 0 Å². The first-order valence-corrected chi connectivity index (χ1v) is 31.8. The monoisotopic (exact) mass is 1030 g/mol. The number of likely N-dealkylation sites (N-methyl/N-ethyl adjacent to an activating group) is 1. The van der Waals surface area contributed by atoms with Gasteiger partial charge in [-0.25, -0.2) is 4.57 Å². The molecule has 9 heteroatoms. The van der Waals surface area contributed by atoms with Crippen LogP contribution in [0.15, 0.2) is 72.9 Å². The van der Waals surface area contributed by atoms with Crippen molar-refractivity contribution in [3.8, 4) is 0 Å². The van der Waals surface area contributed by atoms with Gasteiger partial charge in [0.2, 0.25) is 5.91 Å². The fraction of sp³-hybridized carbons (Fsp3) is 0.794. The lowest BCUT2D eigenvalue weighted by Crippen LogP contribution is -2.45.